The summed E-state index contributed by atoms with van der Waals surface area (Å²) in [6.45, 7) is 2.81. The average Bonchev–Trinajstić information content (AvgIpc) is 2.91. The van der Waals surface area contributed by atoms with Gasteiger partial charge in [-0.15, -0.1) is 0 Å². The highest BCUT2D eigenvalue weighted by Gasteiger charge is 2.45. The molecule has 28 heavy (non-hydrogen) atoms. The van der Waals surface area contributed by atoms with Gasteiger partial charge in [0.05, 0.1) is 18.1 Å². The molecular formula is C17H13F5N4O2. The summed E-state index contributed by atoms with van der Waals surface area (Å²) in [4.78, 5) is 19.6. The van der Waals surface area contributed by atoms with Crippen molar-refractivity contribution in [2.75, 3.05) is 5.32 Å². The van der Waals surface area contributed by atoms with E-state index in [4.69, 9.17) is 4.42 Å². The SMILES string of the molecule is Cc1ncc(NC(=O)N[C@@H](c2oc3c(F)cc(F)cc3c2C)C(F)(F)F)cn1. The lowest BCUT2D eigenvalue weighted by atomic mass is 10.1. The number of rotatable bonds is 3. The summed E-state index contributed by atoms with van der Waals surface area (Å²) < 4.78 is 72.9. The van der Waals surface area contributed by atoms with Crippen LogP contribution in [0.2, 0.25) is 0 Å². The van der Waals surface area contributed by atoms with Crippen molar-refractivity contribution < 1.29 is 31.2 Å². The number of benzene rings is 1. The lowest BCUT2D eigenvalue weighted by molar-refractivity contribution is -0.158. The molecule has 2 amide bonds. The number of urea groups is 1. The van der Waals surface area contributed by atoms with E-state index in [1.54, 1.807) is 12.2 Å². The van der Waals surface area contributed by atoms with E-state index in [0.29, 0.717) is 11.9 Å². The zero-order valence-corrected chi connectivity index (χ0v) is 14.5. The van der Waals surface area contributed by atoms with Crippen molar-refractivity contribution in [3.63, 3.8) is 0 Å². The smallest absolute Gasteiger partial charge is 0.416 e. The number of halogens is 5. The molecule has 148 valence electrons. The van der Waals surface area contributed by atoms with Gasteiger partial charge in [-0.2, -0.15) is 13.2 Å². The van der Waals surface area contributed by atoms with Crippen LogP contribution in [0.15, 0.2) is 28.9 Å². The molecule has 0 aliphatic carbocycles. The molecule has 11 heteroatoms. The number of nitrogens with one attached hydrogen (secondary N) is 2. The molecule has 1 atom stereocenters. The molecule has 0 aliphatic rings. The molecule has 0 saturated carbocycles. The number of carbonyl (C=O) groups excluding carboxylic acids is 1. The summed E-state index contributed by atoms with van der Waals surface area (Å²) in [5.41, 5.74) is -0.606. The Bertz CT molecular complexity index is 1030. The Morgan fingerprint density at radius 3 is 2.39 bits per heavy atom. The monoisotopic (exact) mass is 400 g/mol. The molecule has 0 bridgehead atoms. The van der Waals surface area contributed by atoms with Crippen LogP contribution in [-0.2, 0) is 0 Å². The third kappa shape index (κ3) is 3.87. The van der Waals surface area contributed by atoms with Crippen LogP contribution in [0.4, 0.5) is 32.4 Å². The summed E-state index contributed by atoms with van der Waals surface area (Å²) in [5.74, 6) is -2.45. The van der Waals surface area contributed by atoms with Crippen molar-refractivity contribution in [1.29, 1.82) is 0 Å². The summed E-state index contributed by atoms with van der Waals surface area (Å²) in [7, 11) is 0. The predicted octanol–water partition coefficient (Wildman–Crippen LogP) is 4.54. The molecule has 6 nitrogen and oxygen atoms in total. The second-order valence-electron chi connectivity index (χ2n) is 5.95. The highest BCUT2D eigenvalue weighted by molar-refractivity contribution is 5.89. The van der Waals surface area contributed by atoms with E-state index >= 15 is 0 Å². The lowest BCUT2D eigenvalue weighted by Crippen LogP contribution is -2.40. The molecule has 0 unspecified atom stereocenters. The summed E-state index contributed by atoms with van der Waals surface area (Å²) in [6, 6.07) is -2.44. The highest BCUT2D eigenvalue weighted by atomic mass is 19.4. The minimum absolute atomic E-state index is 0.0680. The molecule has 2 N–H and O–H groups in total. The van der Waals surface area contributed by atoms with Gasteiger partial charge >= 0.3 is 12.2 Å². The largest absolute Gasteiger partial charge is 0.455 e. The maximum atomic E-state index is 13.9. The molecule has 0 aliphatic heterocycles. The van der Waals surface area contributed by atoms with Gasteiger partial charge in [0.1, 0.15) is 17.4 Å². The molecule has 0 radical (unpaired) electrons. The number of carbonyl (C=O) groups is 1. The maximum absolute atomic E-state index is 13.9. The fourth-order valence-corrected chi connectivity index (χ4v) is 2.59. The normalized spacial score (nSPS) is 12.8. The van der Waals surface area contributed by atoms with E-state index in [1.807, 2.05) is 0 Å². The molecule has 2 heterocycles. The van der Waals surface area contributed by atoms with Gasteiger partial charge in [-0.1, -0.05) is 0 Å². The number of hydrogen-bond acceptors (Lipinski definition) is 4. The van der Waals surface area contributed by atoms with E-state index in [1.165, 1.54) is 19.3 Å². The second-order valence-corrected chi connectivity index (χ2v) is 5.95. The van der Waals surface area contributed by atoms with E-state index < -0.39 is 41.2 Å². The molecule has 0 spiro atoms. The first-order valence-electron chi connectivity index (χ1n) is 7.87. The third-order valence-electron chi connectivity index (χ3n) is 3.90. The van der Waals surface area contributed by atoms with Crippen molar-refractivity contribution in [3.8, 4) is 0 Å². The second kappa shape index (κ2) is 7.06. The Labute approximate surface area is 154 Å². The van der Waals surface area contributed by atoms with Gasteiger partial charge in [-0.3, -0.25) is 0 Å². The third-order valence-corrected chi connectivity index (χ3v) is 3.90. The Morgan fingerprint density at radius 2 is 1.79 bits per heavy atom. The van der Waals surface area contributed by atoms with Gasteiger partial charge in [-0.25, -0.2) is 23.5 Å². The van der Waals surface area contributed by atoms with E-state index in [0.717, 1.165) is 6.07 Å². The van der Waals surface area contributed by atoms with Crippen molar-refractivity contribution in [2.45, 2.75) is 26.1 Å². The Balaban J connectivity index is 1.94. The van der Waals surface area contributed by atoms with Crippen LogP contribution >= 0.6 is 0 Å². The zero-order chi connectivity index (χ0) is 20.6. The number of anilines is 1. The maximum Gasteiger partial charge on any atom is 0.416 e. The van der Waals surface area contributed by atoms with Gasteiger partial charge in [0, 0.05) is 17.0 Å². The molecule has 0 saturated heterocycles. The number of hydrogen-bond donors (Lipinski definition) is 2. The fraction of sp³-hybridized carbons (Fsp3) is 0.235. The first-order valence-corrected chi connectivity index (χ1v) is 7.87. The van der Waals surface area contributed by atoms with Crippen LogP contribution in [0.3, 0.4) is 0 Å². The van der Waals surface area contributed by atoms with Crippen molar-refractivity contribution >= 4 is 22.7 Å². The highest BCUT2D eigenvalue weighted by Crippen LogP contribution is 2.39. The minimum Gasteiger partial charge on any atom is -0.455 e. The minimum atomic E-state index is -4.96. The number of furan rings is 1. The van der Waals surface area contributed by atoms with Crippen LogP contribution in [0, 0.1) is 25.5 Å². The van der Waals surface area contributed by atoms with Crippen molar-refractivity contribution in [2.24, 2.45) is 0 Å². The predicted molar refractivity (Wildman–Crippen MR) is 88.6 cm³/mol. The van der Waals surface area contributed by atoms with Crippen LogP contribution in [-0.4, -0.2) is 22.2 Å². The van der Waals surface area contributed by atoms with E-state index in [2.05, 4.69) is 15.3 Å². The van der Waals surface area contributed by atoms with Gasteiger partial charge in [0.25, 0.3) is 0 Å². The number of nitrogens with zero attached hydrogens (tertiary/aromatic N) is 2. The van der Waals surface area contributed by atoms with Crippen molar-refractivity contribution in [3.05, 3.63) is 53.3 Å². The quantitative estimate of drug-likeness (QED) is 0.633. The first kappa shape index (κ1) is 19.5. The van der Waals surface area contributed by atoms with E-state index in [9.17, 15) is 26.7 Å². The topological polar surface area (TPSA) is 80.0 Å². The Hall–Kier alpha value is -3.24. The molecule has 2 aromatic heterocycles. The average molecular weight is 400 g/mol. The van der Waals surface area contributed by atoms with Crippen LogP contribution in [0.25, 0.3) is 11.0 Å². The number of amides is 2. The summed E-state index contributed by atoms with van der Waals surface area (Å²) in [6.07, 6.45) is -2.53. The van der Waals surface area contributed by atoms with Gasteiger partial charge < -0.3 is 15.1 Å². The van der Waals surface area contributed by atoms with Crippen LogP contribution < -0.4 is 10.6 Å². The number of aromatic nitrogens is 2. The zero-order valence-electron chi connectivity index (χ0n) is 14.5. The summed E-state index contributed by atoms with van der Waals surface area (Å²) >= 11 is 0. The molecule has 3 aromatic rings. The fourth-order valence-electron chi connectivity index (χ4n) is 2.59. The van der Waals surface area contributed by atoms with E-state index in [-0.39, 0.29) is 16.6 Å². The molecule has 3 rings (SSSR count). The van der Waals surface area contributed by atoms with Crippen LogP contribution in [0.5, 0.6) is 0 Å². The van der Waals surface area contributed by atoms with Gasteiger partial charge in [0.15, 0.2) is 17.4 Å². The Kier molecular flexibility index (Phi) is 4.92. The standard InChI is InChI=1S/C17H13F5N4O2/c1-7-11-3-9(18)4-12(19)14(11)28-13(7)15(17(20,21)22)26-16(27)25-10-5-23-8(2)24-6-10/h3-6,15H,1-2H3,(H2,25,26,27)/t15-/m0/s1. The molecular weight excluding hydrogens is 387 g/mol. The molecule has 0 fully saturated rings. The van der Waals surface area contributed by atoms with Crippen molar-refractivity contribution in [1.82, 2.24) is 15.3 Å². The first-order chi connectivity index (χ1) is 13.1. The Morgan fingerprint density at radius 1 is 1.14 bits per heavy atom. The molecule has 1 aromatic carbocycles. The number of alkyl halides is 3. The van der Waals surface area contributed by atoms with Crippen LogP contribution in [0.1, 0.15) is 23.2 Å². The number of fused-ring (bicyclic) bond motifs is 1. The lowest BCUT2D eigenvalue weighted by Gasteiger charge is -2.20. The summed E-state index contributed by atoms with van der Waals surface area (Å²) in [5, 5.41) is 3.74. The van der Waals surface area contributed by atoms with Gasteiger partial charge in [0.2, 0.25) is 0 Å². The number of aryl methyl sites for hydroxylation is 2. The van der Waals surface area contributed by atoms with Gasteiger partial charge in [-0.05, 0) is 19.9 Å².